The summed E-state index contributed by atoms with van der Waals surface area (Å²) in [5.74, 6) is 0.559. The predicted molar refractivity (Wildman–Crippen MR) is 76.3 cm³/mol. The monoisotopic (exact) mass is 359 g/mol. The largest absolute Gasteiger partial charge is 0.469 e. The van der Waals surface area contributed by atoms with Gasteiger partial charge >= 0.3 is 5.97 Å². The van der Waals surface area contributed by atoms with E-state index in [0.717, 1.165) is 34.6 Å². The third kappa shape index (κ3) is 3.41. The molecule has 5 nitrogen and oxygen atoms in total. The summed E-state index contributed by atoms with van der Waals surface area (Å²) in [4.78, 5) is 21.8. The van der Waals surface area contributed by atoms with E-state index in [0.29, 0.717) is 6.42 Å². The van der Waals surface area contributed by atoms with Gasteiger partial charge in [-0.15, -0.1) is 0 Å². The van der Waals surface area contributed by atoms with Gasteiger partial charge in [-0.25, -0.2) is 9.97 Å². The van der Waals surface area contributed by atoms with Gasteiger partial charge in [0.05, 0.1) is 13.5 Å². The van der Waals surface area contributed by atoms with E-state index >= 15 is 0 Å². The van der Waals surface area contributed by atoms with E-state index in [4.69, 9.17) is 0 Å². The Morgan fingerprint density at radius 2 is 2.22 bits per heavy atom. The lowest BCUT2D eigenvalue weighted by Gasteiger charge is -2.26. The first kappa shape index (κ1) is 13.3. The van der Waals surface area contributed by atoms with Crippen LogP contribution >= 0.6 is 22.6 Å². The number of hydrogen-bond acceptors (Lipinski definition) is 5. The van der Waals surface area contributed by atoms with Gasteiger partial charge in [0.1, 0.15) is 0 Å². The molecule has 1 aromatic heterocycles. The quantitative estimate of drug-likeness (QED) is 0.468. The lowest BCUT2D eigenvalue weighted by Crippen LogP contribution is -2.30. The summed E-state index contributed by atoms with van der Waals surface area (Å²) in [6.07, 6.45) is 6.90. The summed E-state index contributed by atoms with van der Waals surface area (Å²) in [5, 5.41) is 0. The van der Waals surface area contributed by atoms with Gasteiger partial charge in [-0.3, -0.25) is 4.79 Å². The second kappa shape index (κ2) is 6.12. The van der Waals surface area contributed by atoms with E-state index in [2.05, 4.69) is 48.3 Å². The summed E-state index contributed by atoms with van der Waals surface area (Å²) >= 11 is 2.18. The summed E-state index contributed by atoms with van der Waals surface area (Å²) < 4.78 is 5.68. The molecule has 0 amide bonds. The topological polar surface area (TPSA) is 55.3 Å². The first-order valence-corrected chi connectivity index (χ1v) is 6.74. The molecule has 0 spiro atoms. The fraction of sp³-hybridized carbons (Fsp3) is 0.417. The summed E-state index contributed by atoms with van der Waals surface area (Å²) in [6, 6.07) is 0. The number of rotatable bonds is 3. The average molecular weight is 359 g/mol. The first-order valence-electron chi connectivity index (χ1n) is 5.66. The van der Waals surface area contributed by atoms with Crippen LogP contribution in [0.1, 0.15) is 12.8 Å². The fourth-order valence-electron chi connectivity index (χ4n) is 1.78. The molecule has 2 heterocycles. The fourth-order valence-corrected chi connectivity index (χ4v) is 2.06. The molecule has 0 saturated carbocycles. The van der Waals surface area contributed by atoms with Crippen LogP contribution in [-0.4, -0.2) is 36.1 Å². The van der Waals surface area contributed by atoms with E-state index in [-0.39, 0.29) is 5.97 Å². The molecule has 0 aliphatic carbocycles. The predicted octanol–water partition coefficient (Wildman–Crippen LogP) is 1.78. The maximum absolute atomic E-state index is 11.2. The number of halogens is 1. The van der Waals surface area contributed by atoms with E-state index < -0.39 is 0 Å². The van der Waals surface area contributed by atoms with Gasteiger partial charge in [0.15, 0.2) is 0 Å². The van der Waals surface area contributed by atoms with Gasteiger partial charge in [0.25, 0.3) is 0 Å². The van der Waals surface area contributed by atoms with Crippen LogP contribution in [0.3, 0.4) is 0 Å². The Morgan fingerprint density at radius 3 is 2.78 bits per heavy atom. The van der Waals surface area contributed by atoms with Crippen molar-refractivity contribution in [2.24, 2.45) is 0 Å². The molecule has 1 aliphatic rings. The SMILES string of the molecule is COC(=O)CC1=CCN(c2ncc(I)cn2)CC1. The Kier molecular flexibility index (Phi) is 4.51. The second-order valence-corrected chi connectivity index (χ2v) is 5.26. The Labute approximate surface area is 119 Å². The molecule has 18 heavy (non-hydrogen) atoms. The van der Waals surface area contributed by atoms with Gasteiger partial charge in [0, 0.05) is 29.1 Å². The number of methoxy groups -OCH3 is 1. The third-order valence-electron chi connectivity index (χ3n) is 2.79. The smallest absolute Gasteiger partial charge is 0.309 e. The van der Waals surface area contributed by atoms with Crippen LogP contribution in [0.4, 0.5) is 5.95 Å². The van der Waals surface area contributed by atoms with E-state index in [1.54, 1.807) is 12.4 Å². The molecule has 0 atom stereocenters. The van der Waals surface area contributed by atoms with Crippen molar-refractivity contribution in [3.8, 4) is 0 Å². The Bertz CT molecular complexity index is 459. The van der Waals surface area contributed by atoms with Crippen LogP contribution in [0.25, 0.3) is 0 Å². The Morgan fingerprint density at radius 1 is 1.50 bits per heavy atom. The Balaban J connectivity index is 1.97. The molecule has 0 N–H and O–H groups in total. The van der Waals surface area contributed by atoms with Crippen molar-refractivity contribution >= 4 is 34.5 Å². The number of aromatic nitrogens is 2. The van der Waals surface area contributed by atoms with Gasteiger partial charge in [0.2, 0.25) is 5.95 Å². The average Bonchev–Trinajstić information content (AvgIpc) is 2.40. The minimum Gasteiger partial charge on any atom is -0.469 e. The maximum atomic E-state index is 11.2. The zero-order valence-electron chi connectivity index (χ0n) is 10.1. The zero-order valence-corrected chi connectivity index (χ0v) is 12.3. The Hall–Kier alpha value is -1.18. The summed E-state index contributed by atoms with van der Waals surface area (Å²) in [7, 11) is 1.41. The number of anilines is 1. The van der Waals surface area contributed by atoms with Crippen molar-refractivity contribution in [2.45, 2.75) is 12.8 Å². The molecule has 0 fully saturated rings. The normalized spacial score (nSPS) is 15.2. The molecule has 0 aromatic carbocycles. The highest BCUT2D eigenvalue weighted by molar-refractivity contribution is 14.1. The van der Waals surface area contributed by atoms with Crippen LogP contribution in [0.2, 0.25) is 0 Å². The standard InChI is InChI=1S/C12H14IN3O2/c1-18-11(17)6-9-2-4-16(5-3-9)12-14-7-10(13)8-15-12/h2,7-8H,3-6H2,1H3. The molecule has 0 unspecified atom stereocenters. The molecule has 2 rings (SSSR count). The maximum Gasteiger partial charge on any atom is 0.309 e. The number of ether oxygens (including phenoxy) is 1. The minimum absolute atomic E-state index is 0.180. The van der Waals surface area contributed by atoms with Gasteiger partial charge in [-0.05, 0) is 29.0 Å². The van der Waals surface area contributed by atoms with Crippen molar-refractivity contribution in [2.75, 3.05) is 25.1 Å². The van der Waals surface area contributed by atoms with Crippen molar-refractivity contribution in [3.63, 3.8) is 0 Å². The van der Waals surface area contributed by atoms with Crippen molar-refractivity contribution in [1.82, 2.24) is 9.97 Å². The van der Waals surface area contributed by atoms with Gasteiger partial charge in [-0.1, -0.05) is 11.6 Å². The number of esters is 1. The molecular weight excluding hydrogens is 345 g/mol. The molecule has 6 heteroatoms. The lowest BCUT2D eigenvalue weighted by molar-refractivity contribution is -0.139. The summed E-state index contributed by atoms with van der Waals surface area (Å²) in [6.45, 7) is 1.58. The van der Waals surface area contributed by atoms with E-state index in [1.807, 2.05) is 0 Å². The lowest BCUT2D eigenvalue weighted by atomic mass is 10.1. The van der Waals surface area contributed by atoms with E-state index in [9.17, 15) is 4.79 Å². The summed E-state index contributed by atoms with van der Waals surface area (Å²) in [5.41, 5.74) is 1.13. The van der Waals surface area contributed by atoms with Crippen molar-refractivity contribution < 1.29 is 9.53 Å². The van der Waals surface area contributed by atoms with Crippen LogP contribution in [0.5, 0.6) is 0 Å². The third-order valence-corrected chi connectivity index (χ3v) is 3.35. The highest BCUT2D eigenvalue weighted by Gasteiger charge is 2.16. The molecule has 1 aliphatic heterocycles. The zero-order chi connectivity index (χ0) is 13.0. The van der Waals surface area contributed by atoms with Crippen molar-refractivity contribution in [3.05, 3.63) is 27.6 Å². The van der Waals surface area contributed by atoms with E-state index in [1.165, 1.54) is 7.11 Å². The first-order chi connectivity index (χ1) is 8.69. The molecule has 0 saturated heterocycles. The second-order valence-electron chi connectivity index (χ2n) is 4.01. The van der Waals surface area contributed by atoms with Gasteiger partial charge in [-0.2, -0.15) is 0 Å². The number of carbonyl (C=O) groups excluding carboxylic acids is 1. The molecule has 0 bridgehead atoms. The molecule has 0 radical (unpaired) electrons. The minimum atomic E-state index is -0.180. The molecule has 96 valence electrons. The van der Waals surface area contributed by atoms with Gasteiger partial charge < -0.3 is 9.64 Å². The number of nitrogens with zero attached hydrogens (tertiary/aromatic N) is 3. The number of hydrogen-bond donors (Lipinski definition) is 0. The van der Waals surface area contributed by atoms with Crippen LogP contribution < -0.4 is 4.90 Å². The van der Waals surface area contributed by atoms with Crippen LogP contribution in [-0.2, 0) is 9.53 Å². The highest BCUT2D eigenvalue weighted by atomic mass is 127. The number of carbonyl (C=O) groups is 1. The van der Waals surface area contributed by atoms with Crippen molar-refractivity contribution in [1.29, 1.82) is 0 Å². The highest BCUT2D eigenvalue weighted by Crippen LogP contribution is 2.18. The molecule has 1 aromatic rings. The van der Waals surface area contributed by atoms with Crippen LogP contribution in [0, 0.1) is 3.57 Å². The molecular formula is C12H14IN3O2. The van der Waals surface area contributed by atoms with Crippen LogP contribution in [0.15, 0.2) is 24.0 Å².